The Balaban J connectivity index is 1.40. The van der Waals surface area contributed by atoms with E-state index in [1.54, 1.807) is 24.3 Å². The first-order valence-electron chi connectivity index (χ1n) is 9.12. The first kappa shape index (κ1) is 18.3. The number of carboxylic acids is 1. The lowest BCUT2D eigenvalue weighted by molar-refractivity contribution is 0.0692. The molecule has 1 aliphatic rings. The summed E-state index contributed by atoms with van der Waals surface area (Å²) in [5.41, 5.74) is 2.82. The number of anilines is 1. The summed E-state index contributed by atoms with van der Waals surface area (Å²) in [7, 11) is 0. The van der Waals surface area contributed by atoms with Crippen LogP contribution in [0.15, 0.2) is 48.5 Å². The Morgan fingerprint density at radius 1 is 1.08 bits per heavy atom. The van der Waals surface area contributed by atoms with Crippen LogP contribution in [0, 0.1) is 6.92 Å². The fourth-order valence-corrected chi connectivity index (χ4v) is 3.29. The number of rotatable bonds is 7. The van der Waals surface area contributed by atoms with Crippen LogP contribution in [-0.2, 0) is 0 Å². The van der Waals surface area contributed by atoms with E-state index >= 15 is 0 Å². The van der Waals surface area contributed by atoms with Crippen LogP contribution in [-0.4, -0.2) is 55.3 Å². The van der Waals surface area contributed by atoms with Crippen molar-refractivity contribution in [1.29, 1.82) is 0 Å². The van der Waals surface area contributed by atoms with Crippen LogP contribution in [0.4, 0.5) is 5.69 Å². The number of piperazine rings is 1. The maximum absolute atomic E-state index is 11.2. The van der Waals surface area contributed by atoms with Gasteiger partial charge in [0, 0.05) is 38.4 Å². The van der Waals surface area contributed by atoms with Gasteiger partial charge in [-0.15, -0.1) is 0 Å². The molecule has 26 heavy (non-hydrogen) atoms. The fourth-order valence-electron chi connectivity index (χ4n) is 3.29. The van der Waals surface area contributed by atoms with E-state index in [-0.39, 0.29) is 5.56 Å². The van der Waals surface area contributed by atoms with Crippen LogP contribution in [0.5, 0.6) is 5.75 Å². The van der Waals surface area contributed by atoms with Crippen molar-refractivity contribution in [3.63, 3.8) is 0 Å². The molecule has 138 valence electrons. The zero-order valence-corrected chi connectivity index (χ0v) is 15.2. The Bertz CT molecular complexity index is 740. The SMILES string of the molecule is Cc1cccc(N2CCN(CCCOc3ccccc3C(=O)O)CC2)c1. The van der Waals surface area contributed by atoms with Gasteiger partial charge in [0.2, 0.25) is 0 Å². The Hall–Kier alpha value is -2.53. The van der Waals surface area contributed by atoms with Crippen molar-refractivity contribution >= 4 is 11.7 Å². The summed E-state index contributed by atoms with van der Waals surface area (Å²) in [5.74, 6) is -0.503. The van der Waals surface area contributed by atoms with Crippen molar-refractivity contribution in [1.82, 2.24) is 4.90 Å². The van der Waals surface area contributed by atoms with E-state index in [2.05, 4.69) is 41.0 Å². The molecule has 0 aliphatic carbocycles. The van der Waals surface area contributed by atoms with E-state index in [9.17, 15) is 4.79 Å². The third-order valence-corrected chi connectivity index (χ3v) is 4.73. The van der Waals surface area contributed by atoms with E-state index in [0.29, 0.717) is 12.4 Å². The quantitative estimate of drug-likeness (QED) is 0.774. The van der Waals surface area contributed by atoms with Gasteiger partial charge < -0.3 is 14.7 Å². The third-order valence-electron chi connectivity index (χ3n) is 4.73. The third kappa shape index (κ3) is 4.76. The van der Waals surface area contributed by atoms with Crippen LogP contribution in [0.2, 0.25) is 0 Å². The number of nitrogens with zero attached hydrogens (tertiary/aromatic N) is 2. The van der Waals surface area contributed by atoms with Gasteiger partial charge in [-0.25, -0.2) is 4.79 Å². The lowest BCUT2D eigenvalue weighted by Gasteiger charge is -2.36. The molecule has 1 N–H and O–H groups in total. The molecular formula is C21H26N2O3. The Labute approximate surface area is 154 Å². The average molecular weight is 354 g/mol. The van der Waals surface area contributed by atoms with E-state index in [4.69, 9.17) is 9.84 Å². The molecule has 0 radical (unpaired) electrons. The van der Waals surface area contributed by atoms with Crippen molar-refractivity contribution < 1.29 is 14.6 Å². The van der Waals surface area contributed by atoms with Gasteiger partial charge in [0.15, 0.2) is 0 Å². The monoisotopic (exact) mass is 354 g/mol. The minimum absolute atomic E-state index is 0.222. The topological polar surface area (TPSA) is 53.0 Å². The first-order valence-corrected chi connectivity index (χ1v) is 9.12. The zero-order valence-electron chi connectivity index (χ0n) is 15.2. The molecule has 5 heteroatoms. The lowest BCUT2D eigenvalue weighted by atomic mass is 10.2. The molecule has 1 heterocycles. The number of para-hydroxylation sites is 1. The molecule has 0 saturated carbocycles. The van der Waals surface area contributed by atoms with Crippen molar-refractivity contribution in [3.8, 4) is 5.75 Å². The Morgan fingerprint density at radius 2 is 1.85 bits per heavy atom. The van der Waals surface area contributed by atoms with Gasteiger partial charge >= 0.3 is 5.97 Å². The van der Waals surface area contributed by atoms with Crippen LogP contribution in [0.1, 0.15) is 22.3 Å². The van der Waals surface area contributed by atoms with Gasteiger partial charge in [0.25, 0.3) is 0 Å². The molecule has 0 unspecified atom stereocenters. The van der Waals surface area contributed by atoms with Gasteiger partial charge in [-0.2, -0.15) is 0 Å². The number of hydrogen-bond acceptors (Lipinski definition) is 4. The molecule has 0 bridgehead atoms. The normalized spacial score (nSPS) is 15.0. The van der Waals surface area contributed by atoms with Crippen molar-refractivity contribution in [3.05, 3.63) is 59.7 Å². The highest BCUT2D eigenvalue weighted by Gasteiger charge is 2.17. The second kappa shape index (κ2) is 8.72. The highest BCUT2D eigenvalue weighted by molar-refractivity contribution is 5.90. The van der Waals surface area contributed by atoms with E-state index in [0.717, 1.165) is 39.1 Å². The summed E-state index contributed by atoms with van der Waals surface area (Å²) in [4.78, 5) is 16.1. The Kier molecular flexibility index (Phi) is 6.12. The van der Waals surface area contributed by atoms with Gasteiger partial charge in [0.05, 0.1) is 6.61 Å². The maximum Gasteiger partial charge on any atom is 0.339 e. The summed E-state index contributed by atoms with van der Waals surface area (Å²) < 4.78 is 5.68. The van der Waals surface area contributed by atoms with Gasteiger partial charge in [-0.1, -0.05) is 24.3 Å². The second-order valence-corrected chi connectivity index (χ2v) is 6.67. The number of hydrogen-bond donors (Lipinski definition) is 1. The molecule has 5 nitrogen and oxygen atoms in total. The van der Waals surface area contributed by atoms with Crippen molar-refractivity contribution in [2.45, 2.75) is 13.3 Å². The summed E-state index contributed by atoms with van der Waals surface area (Å²) in [6, 6.07) is 15.5. The van der Waals surface area contributed by atoms with E-state index < -0.39 is 5.97 Å². The number of aryl methyl sites for hydroxylation is 1. The van der Waals surface area contributed by atoms with Crippen LogP contribution < -0.4 is 9.64 Å². The summed E-state index contributed by atoms with van der Waals surface area (Å²) >= 11 is 0. The number of benzene rings is 2. The van der Waals surface area contributed by atoms with Crippen LogP contribution >= 0.6 is 0 Å². The molecule has 0 spiro atoms. The molecule has 1 fully saturated rings. The highest BCUT2D eigenvalue weighted by atomic mass is 16.5. The highest BCUT2D eigenvalue weighted by Crippen LogP contribution is 2.19. The van der Waals surface area contributed by atoms with E-state index in [1.165, 1.54) is 11.3 Å². The molecule has 2 aromatic rings. The van der Waals surface area contributed by atoms with Gasteiger partial charge in [-0.3, -0.25) is 4.90 Å². The number of ether oxygens (including phenoxy) is 1. The predicted molar refractivity (Wildman–Crippen MR) is 103 cm³/mol. The summed E-state index contributed by atoms with van der Waals surface area (Å²) in [6.45, 7) is 7.78. The van der Waals surface area contributed by atoms with Gasteiger partial charge in [0.1, 0.15) is 11.3 Å². The van der Waals surface area contributed by atoms with Gasteiger partial charge in [-0.05, 0) is 43.2 Å². The standard InChI is InChI=1S/C21H26N2O3/c1-17-6-4-7-18(16-17)23-13-11-22(12-14-23)10-5-15-26-20-9-3-2-8-19(20)21(24)25/h2-4,6-9,16H,5,10-15H2,1H3,(H,24,25). The molecule has 2 aromatic carbocycles. The number of aromatic carboxylic acids is 1. The molecule has 0 amide bonds. The predicted octanol–water partition coefficient (Wildman–Crippen LogP) is 3.28. The first-order chi connectivity index (χ1) is 12.6. The minimum atomic E-state index is -0.951. The average Bonchev–Trinajstić information content (AvgIpc) is 2.66. The summed E-state index contributed by atoms with van der Waals surface area (Å²) in [6.07, 6.45) is 0.887. The Morgan fingerprint density at radius 3 is 2.58 bits per heavy atom. The molecule has 0 atom stereocenters. The smallest absolute Gasteiger partial charge is 0.339 e. The van der Waals surface area contributed by atoms with Crippen LogP contribution in [0.25, 0.3) is 0 Å². The van der Waals surface area contributed by atoms with Crippen LogP contribution in [0.3, 0.4) is 0 Å². The molecule has 0 aromatic heterocycles. The van der Waals surface area contributed by atoms with E-state index in [1.807, 2.05) is 0 Å². The second-order valence-electron chi connectivity index (χ2n) is 6.67. The van der Waals surface area contributed by atoms with Crippen molar-refractivity contribution in [2.24, 2.45) is 0 Å². The number of carboxylic acid groups (broad SMARTS) is 1. The zero-order chi connectivity index (χ0) is 18.4. The fraction of sp³-hybridized carbons (Fsp3) is 0.381. The molecule has 1 aliphatic heterocycles. The lowest BCUT2D eigenvalue weighted by Crippen LogP contribution is -2.46. The minimum Gasteiger partial charge on any atom is -0.493 e. The molecule has 1 saturated heterocycles. The molecular weight excluding hydrogens is 328 g/mol. The molecule has 3 rings (SSSR count). The van der Waals surface area contributed by atoms with Crippen molar-refractivity contribution in [2.75, 3.05) is 44.2 Å². The number of carbonyl (C=O) groups is 1. The summed E-state index contributed by atoms with van der Waals surface area (Å²) in [5, 5.41) is 9.17. The largest absolute Gasteiger partial charge is 0.493 e. The maximum atomic E-state index is 11.2.